The molecular formula is C15H17Cl2NO4S3. The molecule has 0 saturated heterocycles. The third-order valence-corrected chi connectivity index (χ3v) is 7.47. The van der Waals surface area contributed by atoms with Crippen molar-refractivity contribution in [2.24, 2.45) is 0 Å². The van der Waals surface area contributed by atoms with Crippen LogP contribution >= 0.6 is 45.9 Å². The van der Waals surface area contributed by atoms with E-state index < -0.39 is 10.0 Å². The van der Waals surface area contributed by atoms with Gasteiger partial charge in [0, 0.05) is 11.4 Å². The lowest BCUT2D eigenvalue weighted by Crippen LogP contribution is -2.25. The second-order valence-electron chi connectivity index (χ2n) is 5.06. The maximum Gasteiger partial charge on any atom is 0.306 e. The van der Waals surface area contributed by atoms with Gasteiger partial charge in [-0.1, -0.05) is 23.2 Å². The molecule has 10 heteroatoms. The van der Waals surface area contributed by atoms with Crippen molar-refractivity contribution < 1.29 is 17.9 Å². The molecular weight excluding hydrogens is 425 g/mol. The van der Waals surface area contributed by atoms with E-state index in [1.807, 2.05) is 11.4 Å². The summed E-state index contributed by atoms with van der Waals surface area (Å²) in [6, 6.07) is 3.32. The summed E-state index contributed by atoms with van der Waals surface area (Å²) in [5.41, 5.74) is 1.01. The predicted molar refractivity (Wildman–Crippen MR) is 103 cm³/mol. The van der Waals surface area contributed by atoms with E-state index in [1.54, 1.807) is 18.3 Å². The van der Waals surface area contributed by atoms with Crippen LogP contribution in [0.3, 0.4) is 0 Å². The Morgan fingerprint density at radius 2 is 2.04 bits per heavy atom. The summed E-state index contributed by atoms with van der Waals surface area (Å²) in [6.45, 7) is 2.41. The highest BCUT2D eigenvalue weighted by molar-refractivity contribution is 7.89. The molecule has 1 N–H and O–H groups in total. The molecule has 0 spiro atoms. The molecule has 0 aliphatic heterocycles. The summed E-state index contributed by atoms with van der Waals surface area (Å²) < 4.78 is 32.3. The number of esters is 1. The minimum atomic E-state index is -3.68. The average Bonchev–Trinajstić information content (AvgIpc) is 3.12. The fourth-order valence-electron chi connectivity index (χ4n) is 2.06. The first-order valence-electron chi connectivity index (χ1n) is 7.48. The molecule has 0 aliphatic carbocycles. The standard InChI is InChI=1S/C15H17Cl2NO4S3/c1-2-22-14(19)4-3-11-7-10(9-23-11)5-6-18-25(20,21)12-8-13(16)24-15(12)17/h7-9,18H,2-6H2,1H3. The van der Waals surface area contributed by atoms with Crippen molar-refractivity contribution in [2.75, 3.05) is 13.2 Å². The molecule has 2 heterocycles. The van der Waals surface area contributed by atoms with Crippen LogP contribution in [0.15, 0.2) is 22.4 Å². The van der Waals surface area contributed by atoms with Crippen LogP contribution in [0.2, 0.25) is 8.67 Å². The van der Waals surface area contributed by atoms with Crippen molar-refractivity contribution >= 4 is 61.9 Å². The van der Waals surface area contributed by atoms with E-state index in [-0.39, 0.29) is 21.7 Å². The van der Waals surface area contributed by atoms with Crippen molar-refractivity contribution in [3.05, 3.63) is 36.6 Å². The zero-order valence-corrected chi connectivity index (χ0v) is 17.3. The Hall–Kier alpha value is -0.640. The van der Waals surface area contributed by atoms with Gasteiger partial charge in [-0.05, 0) is 42.8 Å². The van der Waals surface area contributed by atoms with Gasteiger partial charge in [0.15, 0.2) is 0 Å². The number of sulfonamides is 1. The Morgan fingerprint density at radius 1 is 1.28 bits per heavy atom. The molecule has 0 aliphatic rings. The van der Waals surface area contributed by atoms with Gasteiger partial charge in [-0.3, -0.25) is 4.79 Å². The fraction of sp³-hybridized carbons (Fsp3) is 0.400. The molecule has 0 atom stereocenters. The molecule has 0 fully saturated rings. The number of nitrogens with one attached hydrogen (secondary N) is 1. The van der Waals surface area contributed by atoms with E-state index in [0.29, 0.717) is 30.2 Å². The van der Waals surface area contributed by atoms with Gasteiger partial charge < -0.3 is 4.74 Å². The number of hydrogen-bond acceptors (Lipinski definition) is 6. The molecule has 2 aromatic heterocycles. The molecule has 5 nitrogen and oxygen atoms in total. The van der Waals surface area contributed by atoms with Crippen LogP contribution in [0.1, 0.15) is 23.8 Å². The van der Waals surface area contributed by atoms with Gasteiger partial charge in [-0.15, -0.1) is 22.7 Å². The highest BCUT2D eigenvalue weighted by Gasteiger charge is 2.20. The zero-order chi connectivity index (χ0) is 18.4. The summed E-state index contributed by atoms with van der Waals surface area (Å²) in [5, 5.41) is 1.96. The third-order valence-electron chi connectivity index (χ3n) is 3.21. The topological polar surface area (TPSA) is 72.5 Å². The Bertz CT molecular complexity index is 830. The number of hydrogen-bond donors (Lipinski definition) is 1. The van der Waals surface area contributed by atoms with E-state index >= 15 is 0 Å². The van der Waals surface area contributed by atoms with E-state index in [2.05, 4.69) is 4.72 Å². The fourth-order valence-corrected chi connectivity index (χ4v) is 6.17. The lowest BCUT2D eigenvalue weighted by Gasteiger charge is -2.04. The van der Waals surface area contributed by atoms with Crippen LogP contribution < -0.4 is 4.72 Å². The quantitative estimate of drug-likeness (QED) is 0.593. The Labute approximate surface area is 165 Å². The molecule has 25 heavy (non-hydrogen) atoms. The van der Waals surface area contributed by atoms with Crippen molar-refractivity contribution in [1.29, 1.82) is 0 Å². The molecule has 2 rings (SSSR count). The molecule has 0 unspecified atom stereocenters. The van der Waals surface area contributed by atoms with Crippen molar-refractivity contribution in [3.8, 4) is 0 Å². The maximum absolute atomic E-state index is 12.2. The second kappa shape index (κ2) is 9.34. The van der Waals surface area contributed by atoms with Crippen LogP contribution in [0, 0.1) is 0 Å². The Morgan fingerprint density at radius 3 is 2.68 bits per heavy atom. The first kappa shape index (κ1) is 20.7. The number of carbonyl (C=O) groups excluding carboxylic acids is 1. The van der Waals surface area contributed by atoms with E-state index in [0.717, 1.165) is 21.8 Å². The molecule has 0 aromatic carbocycles. The number of carbonyl (C=O) groups is 1. The molecule has 138 valence electrons. The van der Waals surface area contributed by atoms with Crippen LogP contribution in [0.4, 0.5) is 0 Å². The number of rotatable bonds is 9. The monoisotopic (exact) mass is 441 g/mol. The minimum Gasteiger partial charge on any atom is -0.466 e. The van der Waals surface area contributed by atoms with Crippen molar-refractivity contribution in [3.63, 3.8) is 0 Å². The summed E-state index contributed by atoms with van der Waals surface area (Å²) >= 11 is 14.2. The molecule has 0 radical (unpaired) electrons. The first-order valence-corrected chi connectivity index (χ1v) is 11.4. The number of aryl methyl sites for hydroxylation is 1. The predicted octanol–water partition coefficient (Wildman–Crippen LogP) is 4.13. The summed E-state index contributed by atoms with van der Waals surface area (Å²) in [5.74, 6) is -0.212. The van der Waals surface area contributed by atoms with E-state index in [9.17, 15) is 13.2 Å². The van der Waals surface area contributed by atoms with E-state index in [4.69, 9.17) is 27.9 Å². The lowest BCUT2D eigenvalue weighted by molar-refractivity contribution is -0.143. The molecule has 2 aromatic rings. The lowest BCUT2D eigenvalue weighted by atomic mass is 10.2. The smallest absolute Gasteiger partial charge is 0.306 e. The van der Waals surface area contributed by atoms with Crippen LogP contribution in [0.25, 0.3) is 0 Å². The minimum absolute atomic E-state index is 0.00427. The van der Waals surface area contributed by atoms with Crippen LogP contribution in [0.5, 0.6) is 0 Å². The summed E-state index contributed by atoms with van der Waals surface area (Å²) in [7, 11) is -3.68. The number of halogens is 2. The van der Waals surface area contributed by atoms with Crippen molar-refractivity contribution in [1.82, 2.24) is 4.72 Å². The van der Waals surface area contributed by atoms with Crippen molar-refractivity contribution in [2.45, 2.75) is 31.1 Å². The Balaban J connectivity index is 1.84. The SMILES string of the molecule is CCOC(=O)CCc1cc(CCNS(=O)(=O)c2cc(Cl)sc2Cl)cs1. The Kier molecular flexibility index (Phi) is 7.72. The van der Waals surface area contributed by atoms with E-state index in [1.165, 1.54) is 6.07 Å². The van der Waals surface area contributed by atoms with Gasteiger partial charge in [-0.2, -0.15) is 0 Å². The van der Waals surface area contributed by atoms with Gasteiger partial charge >= 0.3 is 5.97 Å². The third kappa shape index (κ3) is 6.23. The van der Waals surface area contributed by atoms with Gasteiger partial charge in [-0.25, -0.2) is 13.1 Å². The average molecular weight is 442 g/mol. The molecule has 0 bridgehead atoms. The zero-order valence-electron chi connectivity index (χ0n) is 13.4. The van der Waals surface area contributed by atoms with Crippen LogP contribution in [-0.2, 0) is 32.4 Å². The van der Waals surface area contributed by atoms with Gasteiger partial charge in [0.25, 0.3) is 0 Å². The summed E-state index contributed by atoms with van der Waals surface area (Å²) in [6.07, 6.45) is 1.51. The van der Waals surface area contributed by atoms with Gasteiger partial charge in [0.2, 0.25) is 10.0 Å². The van der Waals surface area contributed by atoms with Crippen LogP contribution in [-0.4, -0.2) is 27.5 Å². The molecule has 0 saturated carbocycles. The first-order chi connectivity index (χ1) is 11.8. The van der Waals surface area contributed by atoms with Gasteiger partial charge in [0.1, 0.15) is 9.23 Å². The normalized spacial score (nSPS) is 11.6. The number of ether oxygens (including phenoxy) is 1. The highest BCUT2D eigenvalue weighted by Crippen LogP contribution is 2.34. The number of thiophene rings is 2. The highest BCUT2D eigenvalue weighted by atomic mass is 35.5. The van der Waals surface area contributed by atoms with Gasteiger partial charge in [0.05, 0.1) is 17.4 Å². The second-order valence-corrected chi connectivity index (χ2v) is 10.1. The largest absolute Gasteiger partial charge is 0.466 e. The maximum atomic E-state index is 12.2. The summed E-state index contributed by atoms with van der Waals surface area (Å²) in [4.78, 5) is 12.4. The molecule has 0 amide bonds.